The Bertz CT molecular complexity index is 948. The van der Waals surface area contributed by atoms with Gasteiger partial charge in [-0.2, -0.15) is 0 Å². The van der Waals surface area contributed by atoms with Gasteiger partial charge in [-0.25, -0.2) is 4.98 Å². The number of ketones is 1. The topological polar surface area (TPSA) is 68.9 Å². The van der Waals surface area contributed by atoms with E-state index in [2.05, 4.69) is 21.2 Å². The van der Waals surface area contributed by atoms with Crippen LogP contribution in [0.5, 0.6) is 0 Å². The van der Waals surface area contributed by atoms with E-state index in [0.717, 1.165) is 29.1 Å². The summed E-state index contributed by atoms with van der Waals surface area (Å²) in [7, 11) is 0. The van der Waals surface area contributed by atoms with Crippen LogP contribution in [0.2, 0.25) is 0 Å². The molecule has 2 heterocycles. The molecule has 0 aliphatic heterocycles. The molecule has 1 aromatic carbocycles. The van der Waals surface area contributed by atoms with E-state index in [-0.39, 0.29) is 11.0 Å². The zero-order chi connectivity index (χ0) is 18.1. The maximum absolute atomic E-state index is 12.7. The van der Waals surface area contributed by atoms with E-state index in [1.807, 2.05) is 31.4 Å². The van der Waals surface area contributed by atoms with Crippen molar-refractivity contribution in [3.8, 4) is 0 Å². The monoisotopic (exact) mass is 385 g/mol. The van der Waals surface area contributed by atoms with E-state index in [4.69, 9.17) is 4.42 Å². The first-order valence-electron chi connectivity index (χ1n) is 8.64. The number of carbonyl (C=O) groups excluding carboxylic acids is 1. The minimum absolute atomic E-state index is 0.0968. The molecule has 7 heteroatoms. The maximum Gasteiger partial charge on any atom is 0.277 e. The van der Waals surface area contributed by atoms with Crippen LogP contribution in [0, 0.1) is 6.92 Å². The number of thioether (sulfide) groups is 1. The fourth-order valence-corrected chi connectivity index (χ4v) is 4.56. The van der Waals surface area contributed by atoms with Gasteiger partial charge in [0.2, 0.25) is 5.89 Å². The second-order valence-electron chi connectivity index (χ2n) is 6.46. The van der Waals surface area contributed by atoms with Crippen molar-refractivity contribution in [1.82, 2.24) is 15.2 Å². The van der Waals surface area contributed by atoms with E-state index in [0.29, 0.717) is 17.5 Å². The Morgan fingerprint density at radius 3 is 2.96 bits per heavy atom. The van der Waals surface area contributed by atoms with Crippen molar-refractivity contribution in [3.63, 3.8) is 0 Å². The SMILES string of the molecule is Cc1nc(Cc2nnc(SC(C)C(=O)c3ccc4c(c3)CCC4)o2)cs1. The smallest absolute Gasteiger partial charge is 0.277 e. The van der Waals surface area contributed by atoms with Crippen molar-refractivity contribution in [2.24, 2.45) is 0 Å². The van der Waals surface area contributed by atoms with Crippen molar-refractivity contribution in [2.75, 3.05) is 0 Å². The van der Waals surface area contributed by atoms with Crippen LogP contribution < -0.4 is 0 Å². The molecule has 0 radical (unpaired) electrons. The number of Topliss-reactive ketones (excluding diaryl/α,β-unsaturated/α-hetero) is 1. The van der Waals surface area contributed by atoms with Gasteiger partial charge in [0.05, 0.1) is 22.4 Å². The number of nitrogens with zero attached hydrogens (tertiary/aromatic N) is 3. The molecule has 0 saturated carbocycles. The van der Waals surface area contributed by atoms with Gasteiger partial charge in [0.15, 0.2) is 5.78 Å². The van der Waals surface area contributed by atoms with E-state index in [9.17, 15) is 4.79 Å². The van der Waals surface area contributed by atoms with E-state index in [1.54, 1.807) is 11.3 Å². The summed E-state index contributed by atoms with van der Waals surface area (Å²) in [5.41, 5.74) is 4.38. The molecular weight excluding hydrogens is 366 g/mol. The first-order chi connectivity index (χ1) is 12.6. The Balaban J connectivity index is 1.41. The molecule has 0 fully saturated rings. The predicted molar refractivity (Wildman–Crippen MR) is 102 cm³/mol. The Morgan fingerprint density at radius 1 is 1.31 bits per heavy atom. The Morgan fingerprint density at radius 2 is 2.15 bits per heavy atom. The van der Waals surface area contributed by atoms with Gasteiger partial charge < -0.3 is 4.42 Å². The lowest BCUT2D eigenvalue weighted by atomic mass is 10.0. The molecule has 1 aliphatic rings. The summed E-state index contributed by atoms with van der Waals surface area (Å²) in [6, 6.07) is 6.08. The predicted octanol–water partition coefficient (Wildman–Crippen LogP) is 4.28. The first-order valence-corrected chi connectivity index (χ1v) is 10.4. The summed E-state index contributed by atoms with van der Waals surface area (Å²) in [5, 5.41) is 11.3. The lowest BCUT2D eigenvalue weighted by Gasteiger charge is -2.09. The van der Waals surface area contributed by atoms with Crippen LogP contribution in [0.15, 0.2) is 33.2 Å². The zero-order valence-corrected chi connectivity index (χ0v) is 16.3. The average Bonchev–Trinajstić information content (AvgIpc) is 3.35. The normalized spacial score (nSPS) is 14.4. The summed E-state index contributed by atoms with van der Waals surface area (Å²) >= 11 is 2.91. The number of hydrogen-bond acceptors (Lipinski definition) is 7. The highest BCUT2D eigenvalue weighted by atomic mass is 32.2. The van der Waals surface area contributed by atoms with Crippen LogP contribution >= 0.6 is 23.1 Å². The number of benzene rings is 1. The van der Waals surface area contributed by atoms with Crippen molar-refractivity contribution in [3.05, 3.63) is 56.9 Å². The highest BCUT2D eigenvalue weighted by Crippen LogP contribution is 2.28. The molecule has 4 rings (SSSR count). The highest BCUT2D eigenvalue weighted by molar-refractivity contribution is 8.00. The standard InChI is InChI=1S/C19H19N3O2S2/c1-11(18(23)15-7-6-13-4-3-5-14(13)8-15)26-19-22-21-17(24-19)9-16-10-25-12(2)20-16/h6-8,10-11H,3-5,9H2,1-2H3. The second-order valence-corrected chi connectivity index (χ2v) is 8.81. The van der Waals surface area contributed by atoms with Crippen LogP contribution in [0.25, 0.3) is 0 Å². The molecule has 3 aromatic rings. The van der Waals surface area contributed by atoms with Crippen LogP contribution in [-0.4, -0.2) is 26.2 Å². The average molecular weight is 386 g/mol. The molecule has 5 nitrogen and oxygen atoms in total. The lowest BCUT2D eigenvalue weighted by molar-refractivity contribution is 0.0993. The zero-order valence-electron chi connectivity index (χ0n) is 14.7. The third-order valence-electron chi connectivity index (χ3n) is 4.48. The lowest BCUT2D eigenvalue weighted by Crippen LogP contribution is -2.13. The highest BCUT2D eigenvalue weighted by Gasteiger charge is 2.21. The van der Waals surface area contributed by atoms with Gasteiger partial charge in [0, 0.05) is 10.9 Å². The van der Waals surface area contributed by atoms with Gasteiger partial charge >= 0.3 is 0 Å². The molecule has 0 amide bonds. The third kappa shape index (κ3) is 3.73. The summed E-state index contributed by atoms with van der Waals surface area (Å²) in [6.07, 6.45) is 3.89. The molecule has 26 heavy (non-hydrogen) atoms. The minimum atomic E-state index is -0.274. The van der Waals surface area contributed by atoms with E-state index < -0.39 is 0 Å². The fourth-order valence-electron chi connectivity index (χ4n) is 3.17. The molecule has 1 atom stereocenters. The Labute approximate surface area is 160 Å². The molecule has 134 valence electrons. The summed E-state index contributed by atoms with van der Waals surface area (Å²) in [5.74, 6) is 0.620. The van der Waals surface area contributed by atoms with Crippen LogP contribution in [0.1, 0.15) is 51.4 Å². The maximum atomic E-state index is 12.7. The van der Waals surface area contributed by atoms with E-state index in [1.165, 1.54) is 29.3 Å². The first kappa shape index (κ1) is 17.4. The summed E-state index contributed by atoms with van der Waals surface area (Å²) in [4.78, 5) is 17.1. The fraction of sp³-hybridized carbons (Fsp3) is 0.368. The van der Waals surface area contributed by atoms with Gasteiger partial charge in [-0.15, -0.1) is 21.5 Å². The van der Waals surface area contributed by atoms with Crippen molar-refractivity contribution < 1.29 is 9.21 Å². The van der Waals surface area contributed by atoms with Gasteiger partial charge in [-0.05, 0) is 50.3 Å². The molecule has 0 bridgehead atoms. The number of hydrogen-bond donors (Lipinski definition) is 0. The largest absolute Gasteiger partial charge is 0.416 e. The van der Waals surface area contributed by atoms with Crippen LogP contribution in [-0.2, 0) is 19.3 Å². The molecule has 2 aromatic heterocycles. The van der Waals surface area contributed by atoms with Crippen molar-refractivity contribution in [2.45, 2.75) is 50.0 Å². The number of rotatable bonds is 6. The molecule has 1 aliphatic carbocycles. The number of aromatic nitrogens is 3. The Kier molecular flexibility index (Phi) is 4.91. The minimum Gasteiger partial charge on any atom is -0.416 e. The number of fused-ring (bicyclic) bond motifs is 1. The van der Waals surface area contributed by atoms with Gasteiger partial charge in [0.25, 0.3) is 5.22 Å². The molecule has 0 spiro atoms. The number of thiazole rings is 1. The quantitative estimate of drug-likeness (QED) is 0.466. The van der Waals surface area contributed by atoms with Crippen molar-refractivity contribution >= 4 is 28.9 Å². The number of aryl methyl sites for hydroxylation is 3. The molecule has 0 N–H and O–H groups in total. The van der Waals surface area contributed by atoms with Crippen LogP contribution in [0.3, 0.4) is 0 Å². The summed E-state index contributed by atoms with van der Waals surface area (Å²) in [6.45, 7) is 3.85. The van der Waals surface area contributed by atoms with E-state index >= 15 is 0 Å². The van der Waals surface area contributed by atoms with Gasteiger partial charge in [-0.1, -0.05) is 23.9 Å². The third-order valence-corrected chi connectivity index (χ3v) is 6.23. The molecular formula is C19H19N3O2S2. The van der Waals surface area contributed by atoms with Gasteiger partial charge in [-0.3, -0.25) is 4.79 Å². The molecule has 0 saturated heterocycles. The second kappa shape index (κ2) is 7.32. The summed E-state index contributed by atoms with van der Waals surface area (Å²) < 4.78 is 5.68. The van der Waals surface area contributed by atoms with Crippen LogP contribution in [0.4, 0.5) is 0 Å². The van der Waals surface area contributed by atoms with Crippen molar-refractivity contribution in [1.29, 1.82) is 0 Å². The van der Waals surface area contributed by atoms with Gasteiger partial charge in [0.1, 0.15) is 0 Å². The number of carbonyl (C=O) groups is 1. The molecule has 1 unspecified atom stereocenters. The Hall–Kier alpha value is -1.99.